The number of hydrogen-bond donors (Lipinski definition) is 4. The van der Waals surface area contributed by atoms with E-state index in [9.17, 15) is 36.2 Å². The topological polar surface area (TPSA) is 177 Å². The van der Waals surface area contributed by atoms with Gasteiger partial charge in [-0.05, 0) is 36.8 Å². The van der Waals surface area contributed by atoms with Crippen LogP contribution in [0.2, 0.25) is 0 Å². The van der Waals surface area contributed by atoms with Gasteiger partial charge in [-0.2, -0.15) is 16.8 Å². The average molecular weight is 827 g/mol. The van der Waals surface area contributed by atoms with Crippen LogP contribution in [-0.2, 0) is 57.2 Å². The predicted octanol–water partition coefficient (Wildman–Crippen LogP) is 7.22. The second-order valence-electron chi connectivity index (χ2n) is 13.8. The van der Waals surface area contributed by atoms with Crippen molar-refractivity contribution in [3.05, 3.63) is 70.8 Å². The van der Waals surface area contributed by atoms with Crippen LogP contribution >= 0.6 is 0 Å². The predicted molar refractivity (Wildman–Crippen MR) is 216 cm³/mol. The van der Waals surface area contributed by atoms with Gasteiger partial charge in [0.05, 0.1) is 39.6 Å². The number of ether oxygens (including phenoxy) is 3. The number of benzene rings is 2. The van der Waals surface area contributed by atoms with E-state index in [0.717, 1.165) is 49.7 Å². The van der Waals surface area contributed by atoms with Crippen molar-refractivity contribution in [1.82, 2.24) is 0 Å². The first kappa shape index (κ1) is 51.7. The van der Waals surface area contributed by atoms with E-state index in [0.29, 0.717) is 0 Å². The van der Waals surface area contributed by atoms with Gasteiger partial charge in [0.25, 0.3) is 20.2 Å². The van der Waals surface area contributed by atoms with Crippen molar-refractivity contribution in [2.45, 2.75) is 139 Å². The Morgan fingerprint density at radius 2 is 0.815 bits per heavy atom. The second-order valence-corrected chi connectivity index (χ2v) is 17.1. The molecule has 2 atom stereocenters. The molecule has 0 aliphatic rings. The third-order valence-corrected chi connectivity index (χ3v) is 12.5. The Hall–Kier alpha value is -0.304. The number of rotatable bonds is 32. The summed E-state index contributed by atoms with van der Waals surface area (Å²) >= 11 is 0. The summed E-state index contributed by atoms with van der Waals surface area (Å²) in [7, 11) is -9.82. The van der Waals surface area contributed by atoms with Crippen molar-refractivity contribution < 1.29 is 50.4 Å². The third kappa shape index (κ3) is 17.3. The number of aliphatic hydroxyl groups excluding tert-OH is 2. The van der Waals surface area contributed by atoms with Crippen LogP contribution in [0.5, 0.6) is 0 Å². The average Bonchev–Trinajstić information content (AvgIpc) is 3.13. The molecule has 0 aliphatic heterocycles. The van der Waals surface area contributed by atoms with Gasteiger partial charge in [-0.1, -0.05) is 139 Å². The van der Waals surface area contributed by atoms with Gasteiger partial charge in [-0.25, -0.2) is 0 Å². The molecule has 306 valence electrons. The van der Waals surface area contributed by atoms with E-state index in [1.807, 2.05) is 0 Å². The maximum atomic E-state index is 12.9. The zero-order valence-corrected chi connectivity index (χ0v) is 33.7. The van der Waals surface area contributed by atoms with Crippen LogP contribution < -0.4 is 0 Å². The maximum absolute atomic E-state index is 12.9. The van der Waals surface area contributed by atoms with Crippen LogP contribution in [0, 0.1) is 0 Å². The minimum absolute atomic E-state index is 0. The molecule has 0 aliphatic carbocycles. The zero-order chi connectivity index (χ0) is 39.1. The quantitative estimate of drug-likeness (QED) is 0.0333. The van der Waals surface area contributed by atoms with Gasteiger partial charge in [0.2, 0.25) is 9.87 Å². The third-order valence-electron chi connectivity index (χ3n) is 9.76. The van der Waals surface area contributed by atoms with Gasteiger partial charge in [-0.15, -0.1) is 0 Å². The van der Waals surface area contributed by atoms with Crippen LogP contribution in [0.15, 0.2) is 48.5 Å². The molecule has 0 heterocycles. The number of aryl methyl sites for hydroxylation is 2. The molecule has 0 saturated heterocycles. The van der Waals surface area contributed by atoms with E-state index >= 15 is 0 Å². The van der Waals surface area contributed by atoms with Crippen LogP contribution in [0.25, 0.3) is 0 Å². The molecular weight excluding hydrogens is 760 g/mol. The molecule has 54 heavy (non-hydrogen) atoms. The number of unbranched alkanes of at least 4 members (excludes halogenated alkanes) is 12. The fourth-order valence-electron chi connectivity index (χ4n) is 6.66. The van der Waals surface area contributed by atoms with Crippen LogP contribution in [-0.4, -0.2) is 127 Å². The van der Waals surface area contributed by atoms with Gasteiger partial charge in [0.1, 0.15) is 0 Å². The van der Waals surface area contributed by atoms with Crippen LogP contribution in [0.4, 0.5) is 0 Å². The summed E-state index contributed by atoms with van der Waals surface area (Å²) in [4.78, 5) is -4.52. The van der Waals surface area contributed by atoms with E-state index in [1.165, 1.54) is 64.2 Å². The Balaban J connectivity index is 0.0000146. The first-order valence-electron chi connectivity index (χ1n) is 19.6. The molecule has 14 heteroatoms. The summed E-state index contributed by atoms with van der Waals surface area (Å²) in [5, 5.41) is 19.0. The SMILES string of the molecule is CCCCCCCCCc1ccc(C(CCOCCC(OCCO)(c2ccc(CCCCCCCCC)cc2)S(=O)(=O)O)(OCCO)S(=O)(=O)O)cc1.[KH]. The molecule has 0 fully saturated rings. The van der Waals surface area contributed by atoms with Crippen molar-refractivity contribution in [3.8, 4) is 0 Å². The van der Waals surface area contributed by atoms with Crippen molar-refractivity contribution >= 4 is 71.6 Å². The Labute approximate surface area is 368 Å². The summed E-state index contributed by atoms with van der Waals surface area (Å²) in [5.74, 6) is 0. The Kier molecular flexibility index (Phi) is 27.0. The zero-order valence-electron chi connectivity index (χ0n) is 32.1. The van der Waals surface area contributed by atoms with Crippen molar-refractivity contribution in [1.29, 1.82) is 0 Å². The molecular formula is C40H67KO11S2. The molecule has 0 radical (unpaired) electrons. The van der Waals surface area contributed by atoms with E-state index in [1.54, 1.807) is 48.5 Å². The van der Waals surface area contributed by atoms with Gasteiger partial charge >= 0.3 is 51.4 Å². The summed E-state index contributed by atoms with van der Waals surface area (Å²) < 4.78 is 89.7. The molecule has 0 bridgehead atoms. The van der Waals surface area contributed by atoms with Crippen molar-refractivity contribution in [2.75, 3.05) is 39.6 Å². The molecule has 0 amide bonds. The van der Waals surface area contributed by atoms with E-state index in [-0.39, 0.29) is 102 Å². The summed E-state index contributed by atoms with van der Waals surface area (Å²) in [6.07, 6.45) is 17.2. The normalized spacial score (nSPS) is 14.3. The molecule has 11 nitrogen and oxygen atoms in total. The van der Waals surface area contributed by atoms with Gasteiger partial charge < -0.3 is 24.4 Å². The summed E-state index contributed by atoms with van der Waals surface area (Å²) in [5.41, 5.74) is 2.35. The Bertz CT molecular complexity index is 1360. The number of hydrogen-bond acceptors (Lipinski definition) is 9. The fourth-order valence-corrected chi connectivity index (χ4v) is 8.68. The first-order valence-corrected chi connectivity index (χ1v) is 22.5. The monoisotopic (exact) mass is 826 g/mol. The summed E-state index contributed by atoms with van der Waals surface area (Å²) in [6.45, 7) is 2.03. The van der Waals surface area contributed by atoms with E-state index in [2.05, 4.69) is 13.8 Å². The Morgan fingerprint density at radius 3 is 1.11 bits per heavy atom. The van der Waals surface area contributed by atoms with E-state index < -0.39 is 43.3 Å². The summed E-state index contributed by atoms with van der Waals surface area (Å²) in [6, 6.07) is 13.6. The molecule has 0 spiro atoms. The Morgan fingerprint density at radius 1 is 0.500 bits per heavy atom. The number of aliphatic hydroxyl groups is 2. The molecule has 2 aromatic carbocycles. The van der Waals surface area contributed by atoms with Gasteiger partial charge in [0, 0.05) is 24.0 Å². The molecule has 4 N–H and O–H groups in total. The fraction of sp³-hybridized carbons (Fsp3) is 0.700. The van der Waals surface area contributed by atoms with Gasteiger partial charge in [0.15, 0.2) is 0 Å². The molecule has 2 unspecified atom stereocenters. The molecule has 0 aromatic heterocycles. The van der Waals surface area contributed by atoms with Gasteiger partial charge in [-0.3, -0.25) is 9.11 Å². The molecule has 0 saturated carbocycles. The van der Waals surface area contributed by atoms with Crippen molar-refractivity contribution in [2.24, 2.45) is 0 Å². The van der Waals surface area contributed by atoms with Crippen molar-refractivity contribution in [3.63, 3.8) is 0 Å². The minimum atomic E-state index is -4.91. The van der Waals surface area contributed by atoms with E-state index in [4.69, 9.17) is 14.2 Å². The standard InChI is InChI=1S/C40H66O11S2.K.H/c1-3-5-7-9-11-13-15-17-35-19-23-37(24-20-35)39(50-33-29-41,52(43,44)45)27-31-49-32-28-40(51-34-30-42,53(46,47)48)38-25-21-36(22-26-38)18-16-14-12-10-8-6-4-2;;/h19-26,41-42H,3-18,27-34H2,1-2H3,(H,43,44,45)(H,46,47,48);;. The molecule has 2 aromatic rings. The van der Waals surface area contributed by atoms with Crippen LogP contribution in [0.1, 0.15) is 139 Å². The first-order chi connectivity index (χ1) is 25.4. The van der Waals surface area contributed by atoms with Crippen LogP contribution in [0.3, 0.4) is 0 Å². The molecule has 2 rings (SSSR count). The second kappa shape index (κ2) is 28.2.